The number of rotatable bonds is 7. The van der Waals surface area contributed by atoms with E-state index in [-0.39, 0.29) is 42.7 Å². The van der Waals surface area contributed by atoms with E-state index >= 15 is 0 Å². The van der Waals surface area contributed by atoms with E-state index in [0.29, 0.717) is 32.6 Å². The van der Waals surface area contributed by atoms with Crippen LogP contribution in [0.25, 0.3) is 0 Å². The van der Waals surface area contributed by atoms with Crippen molar-refractivity contribution in [3.05, 3.63) is 35.6 Å². The van der Waals surface area contributed by atoms with Gasteiger partial charge in [0.15, 0.2) is 5.78 Å². The molecule has 0 bridgehead atoms. The molecule has 0 saturated carbocycles. The number of piperidine rings is 1. The maximum Gasteiger partial charge on any atom is 0.404 e. The number of amides is 1. The minimum Gasteiger partial charge on any atom is -0.352 e. The molecule has 166 valence electrons. The maximum absolute atomic E-state index is 13.2. The third-order valence-electron chi connectivity index (χ3n) is 5.87. The Labute approximate surface area is 173 Å². The van der Waals surface area contributed by atoms with Crippen molar-refractivity contribution in [1.82, 2.24) is 15.1 Å². The van der Waals surface area contributed by atoms with Gasteiger partial charge < -0.3 is 5.32 Å². The van der Waals surface area contributed by atoms with Gasteiger partial charge in [0.05, 0.1) is 13.1 Å². The number of nitrogens with one attached hydrogen (secondary N) is 1. The van der Waals surface area contributed by atoms with Crippen LogP contribution in [0.4, 0.5) is 17.6 Å². The Bertz CT molecular complexity index is 748. The number of hydrogen-bond donors (Lipinski definition) is 1. The second-order valence-electron chi connectivity index (χ2n) is 8.15. The SMILES string of the molecule is O=C(CN1CCC(CNC(=O)c2cccc(F)c2)CC1)CN1CCCC1C(F)(F)F. The number of carbonyl (C=O) groups is 2. The van der Waals surface area contributed by atoms with Crippen LogP contribution in [0.2, 0.25) is 0 Å². The van der Waals surface area contributed by atoms with E-state index in [2.05, 4.69) is 5.32 Å². The summed E-state index contributed by atoms with van der Waals surface area (Å²) in [4.78, 5) is 27.6. The summed E-state index contributed by atoms with van der Waals surface area (Å²) in [6, 6.07) is 4.00. The van der Waals surface area contributed by atoms with Gasteiger partial charge >= 0.3 is 6.18 Å². The lowest BCUT2D eigenvalue weighted by molar-refractivity contribution is -0.176. The van der Waals surface area contributed by atoms with Crippen molar-refractivity contribution in [2.45, 2.75) is 37.9 Å². The molecule has 0 radical (unpaired) electrons. The predicted octanol–water partition coefficient (Wildman–Crippen LogP) is 2.86. The first-order chi connectivity index (χ1) is 14.2. The Morgan fingerprint density at radius 3 is 2.47 bits per heavy atom. The number of ketones is 1. The molecule has 2 aliphatic heterocycles. The molecular weight excluding hydrogens is 402 g/mol. The first-order valence-electron chi connectivity index (χ1n) is 10.3. The van der Waals surface area contributed by atoms with Crippen molar-refractivity contribution < 1.29 is 27.2 Å². The van der Waals surface area contributed by atoms with Crippen LogP contribution in [0.5, 0.6) is 0 Å². The number of alkyl halides is 3. The molecule has 1 atom stereocenters. The van der Waals surface area contributed by atoms with Crippen molar-refractivity contribution in [2.24, 2.45) is 5.92 Å². The number of likely N-dealkylation sites (tertiary alicyclic amines) is 2. The predicted molar refractivity (Wildman–Crippen MR) is 104 cm³/mol. The third-order valence-corrected chi connectivity index (χ3v) is 5.87. The van der Waals surface area contributed by atoms with Gasteiger partial charge in [0.1, 0.15) is 11.9 Å². The van der Waals surface area contributed by atoms with Crippen molar-refractivity contribution >= 4 is 11.7 Å². The van der Waals surface area contributed by atoms with Crippen molar-refractivity contribution in [3.63, 3.8) is 0 Å². The van der Waals surface area contributed by atoms with Crippen molar-refractivity contribution in [1.29, 1.82) is 0 Å². The first kappa shape index (κ1) is 22.7. The van der Waals surface area contributed by atoms with Gasteiger partial charge in [-0.1, -0.05) is 6.07 Å². The molecule has 2 heterocycles. The van der Waals surface area contributed by atoms with Gasteiger partial charge in [0.2, 0.25) is 0 Å². The van der Waals surface area contributed by atoms with Crippen LogP contribution in [0.3, 0.4) is 0 Å². The van der Waals surface area contributed by atoms with E-state index in [1.165, 1.54) is 23.1 Å². The molecule has 2 saturated heterocycles. The van der Waals surface area contributed by atoms with Gasteiger partial charge in [-0.3, -0.25) is 19.4 Å². The van der Waals surface area contributed by atoms with Crippen LogP contribution < -0.4 is 5.32 Å². The van der Waals surface area contributed by atoms with Crippen LogP contribution in [-0.4, -0.2) is 73.0 Å². The number of nitrogens with zero attached hydrogens (tertiary/aromatic N) is 2. The smallest absolute Gasteiger partial charge is 0.352 e. The lowest BCUT2D eigenvalue weighted by Crippen LogP contribution is -2.46. The van der Waals surface area contributed by atoms with Gasteiger partial charge in [-0.2, -0.15) is 13.2 Å². The van der Waals surface area contributed by atoms with Crippen LogP contribution >= 0.6 is 0 Å². The summed E-state index contributed by atoms with van der Waals surface area (Å²) >= 11 is 0. The number of hydrogen-bond acceptors (Lipinski definition) is 4. The highest BCUT2D eigenvalue weighted by Gasteiger charge is 2.46. The average Bonchev–Trinajstić information content (AvgIpc) is 3.15. The molecule has 0 aliphatic carbocycles. The standard InChI is InChI=1S/C21H27F4N3O2/c22-17-4-1-3-16(11-17)20(30)26-12-15-6-9-27(10-7-15)13-18(29)14-28-8-2-5-19(28)21(23,24)25/h1,3-4,11,15,19H,2,5-10,12-14H2,(H,26,30). The summed E-state index contributed by atoms with van der Waals surface area (Å²) in [7, 11) is 0. The average molecular weight is 429 g/mol. The minimum absolute atomic E-state index is 0.0590. The fourth-order valence-corrected chi connectivity index (χ4v) is 4.23. The van der Waals surface area contributed by atoms with E-state index in [0.717, 1.165) is 12.8 Å². The number of carbonyl (C=O) groups excluding carboxylic acids is 2. The van der Waals surface area contributed by atoms with Crippen LogP contribution in [0, 0.1) is 11.7 Å². The second-order valence-corrected chi connectivity index (χ2v) is 8.15. The number of Topliss-reactive ketones (excluding diaryl/α,β-unsaturated/α-hetero) is 1. The highest BCUT2D eigenvalue weighted by molar-refractivity contribution is 5.94. The molecule has 1 N–H and O–H groups in total. The molecule has 30 heavy (non-hydrogen) atoms. The molecule has 9 heteroatoms. The Morgan fingerprint density at radius 2 is 1.80 bits per heavy atom. The number of benzene rings is 1. The Hall–Kier alpha value is -2.00. The summed E-state index contributed by atoms with van der Waals surface area (Å²) in [5.41, 5.74) is 0.275. The van der Waals surface area contributed by atoms with Gasteiger partial charge in [-0.25, -0.2) is 4.39 Å². The van der Waals surface area contributed by atoms with Gasteiger partial charge in [-0.15, -0.1) is 0 Å². The van der Waals surface area contributed by atoms with E-state index in [4.69, 9.17) is 0 Å². The fraction of sp³-hybridized carbons (Fsp3) is 0.619. The Balaban J connectivity index is 1.37. The Kier molecular flexibility index (Phi) is 7.46. The van der Waals surface area contributed by atoms with E-state index in [9.17, 15) is 27.2 Å². The molecule has 1 aromatic rings. The zero-order chi connectivity index (χ0) is 21.7. The lowest BCUT2D eigenvalue weighted by Gasteiger charge is -2.32. The van der Waals surface area contributed by atoms with Crippen LogP contribution in [0.1, 0.15) is 36.0 Å². The van der Waals surface area contributed by atoms with E-state index in [1.54, 1.807) is 6.07 Å². The summed E-state index contributed by atoms with van der Waals surface area (Å²) in [5.74, 6) is -0.723. The zero-order valence-electron chi connectivity index (χ0n) is 16.8. The molecule has 1 amide bonds. The highest BCUT2D eigenvalue weighted by atomic mass is 19.4. The molecule has 3 rings (SSSR count). The Morgan fingerprint density at radius 1 is 1.07 bits per heavy atom. The lowest BCUT2D eigenvalue weighted by atomic mass is 9.96. The monoisotopic (exact) mass is 429 g/mol. The quantitative estimate of drug-likeness (QED) is 0.678. The molecular formula is C21H27F4N3O2. The maximum atomic E-state index is 13.2. The molecule has 5 nitrogen and oxygen atoms in total. The molecule has 1 aromatic carbocycles. The van der Waals surface area contributed by atoms with Crippen LogP contribution in [0.15, 0.2) is 24.3 Å². The minimum atomic E-state index is -4.29. The van der Waals surface area contributed by atoms with Crippen molar-refractivity contribution in [2.75, 3.05) is 39.3 Å². The van der Waals surface area contributed by atoms with Gasteiger partial charge in [0, 0.05) is 12.1 Å². The summed E-state index contributed by atoms with van der Waals surface area (Å²) in [6.45, 7) is 2.10. The third kappa shape index (κ3) is 6.25. The van der Waals surface area contributed by atoms with Gasteiger partial charge in [-0.05, 0) is 69.4 Å². The summed E-state index contributed by atoms with van der Waals surface area (Å²) in [5, 5.41) is 2.81. The molecule has 2 fully saturated rings. The molecule has 1 unspecified atom stereocenters. The topological polar surface area (TPSA) is 52.7 Å². The molecule has 0 spiro atoms. The first-order valence-corrected chi connectivity index (χ1v) is 10.3. The second kappa shape index (κ2) is 9.87. The summed E-state index contributed by atoms with van der Waals surface area (Å²) < 4.78 is 52.2. The summed E-state index contributed by atoms with van der Waals surface area (Å²) in [6.07, 6.45) is -2.20. The normalized spacial score (nSPS) is 21.7. The molecule has 2 aliphatic rings. The van der Waals surface area contributed by atoms with Crippen LogP contribution in [-0.2, 0) is 4.79 Å². The number of halogens is 4. The largest absolute Gasteiger partial charge is 0.404 e. The fourth-order valence-electron chi connectivity index (χ4n) is 4.23. The van der Waals surface area contributed by atoms with Crippen molar-refractivity contribution in [3.8, 4) is 0 Å². The zero-order valence-corrected chi connectivity index (χ0v) is 16.8. The van der Waals surface area contributed by atoms with E-state index < -0.39 is 18.0 Å². The van der Waals surface area contributed by atoms with Gasteiger partial charge in [0.25, 0.3) is 5.91 Å². The molecule has 0 aromatic heterocycles. The highest BCUT2D eigenvalue weighted by Crippen LogP contribution is 2.32. The van der Waals surface area contributed by atoms with E-state index in [1.807, 2.05) is 4.90 Å².